The lowest BCUT2D eigenvalue weighted by Gasteiger charge is -2.03. The van der Waals surface area contributed by atoms with Gasteiger partial charge in [0, 0.05) is 6.07 Å². The second-order valence-electron chi connectivity index (χ2n) is 3.49. The van der Waals surface area contributed by atoms with Gasteiger partial charge in [0.05, 0.1) is 5.39 Å². The molecule has 0 amide bonds. The molecule has 0 aliphatic heterocycles. The van der Waals surface area contributed by atoms with E-state index in [1.165, 1.54) is 6.07 Å². The summed E-state index contributed by atoms with van der Waals surface area (Å²) in [5.41, 5.74) is 1.27. The minimum absolute atomic E-state index is 0.0565. The summed E-state index contributed by atoms with van der Waals surface area (Å²) in [4.78, 5) is 11.7. The molecular weight excluding hydrogens is 201 g/mol. The van der Waals surface area contributed by atoms with Crippen LogP contribution >= 0.6 is 0 Å². The predicted molar refractivity (Wildman–Crippen MR) is 62.5 cm³/mol. The van der Waals surface area contributed by atoms with Crippen LogP contribution in [0.1, 0.15) is 11.3 Å². The first-order valence-corrected chi connectivity index (χ1v) is 5.00. The van der Waals surface area contributed by atoms with Crippen LogP contribution in [-0.4, -0.2) is 7.28 Å². The Labute approximate surface area is 93.6 Å². The first kappa shape index (κ1) is 10.5. The maximum absolute atomic E-state index is 11.7. The highest BCUT2D eigenvalue weighted by atomic mass is 16.3. The smallest absolute Gasteiger partial charge is 0.207 e. The van der Waals surface area contributed by atoms with Gasteiger partial charge in [0.2, 0.25) is 5.76 Å². The van der Waals surface area contributed by atoms with E-state index in [1.807, 2.05) is 32.3 Å². The van der Waals surface area contributed by atoms with Gasteiger partial charge in [0.15, 0.2) is 5.43 Å². The van der Waals surface area contributed by atoms with E-state index in [0.29, 0.717) is 11.0 Å². The van der Waals surface area contributed by atoms with Crippen molar-refractivity contribution in [3.05, 3.63) is 45.8 Å². The SMILES string of the molecule is C[B]Cc1cccc2c(=O)cc(C#N)oc12. The number of fused-ring (bicyclic) bond motifs is 1. The maximum Gasteiger partial charge on any atom is 0.207 e. The second kappa shape index (κ2) is 4.24. The molecule has 0 saturated heterocycles. The molecule has 0 aliphatic rings. The molecule has 1 aromatic carbocycles. The fourth-order valence-electron chi connectivity index (χ4n) is 1.67. The van der Waals surface area contributed by atoms with Gasteiger partial charge in [-0.05, 0) is 11.6 Å². The summed E-state index contributed by atoms with van der Waals surface area (Å²) in [6.45, 7) is 1.94. The van der Waals surface area contributed by atoms with Gasteiger partial charge in [-0.2, -0.15) is 5.26 Å². The third-order valence-corrected chi connectivity index (χ3v) is 2.37. The molecule has 0 spiro atoms. The normalized spacial score (nSPS) is 10.0. The van der Waals surface area contributed by atoms with E-state index in [9.17, 15) is 4.79 Å². The molecule has 0 fully saturated rings. The summed E-state index contributed by atoms with van der Waals surface area (Å²) in [5.74, 6) is 0.0565. The van der Waals surface area contributed by atoms with Crippen molar-refractivity contribution in [3.8, 4) is 6.07 Å². The minimum Gasteiger partial charge on any atom is -0.445 e. The second-order valence-corrected chi connectivity index (χ2v) is 3.49. The van der Waals surface area contributed by atoms with E-state index in [2.05, 4.69) is 0 Å². The summed E-state index contributed by atoms with van der Waals surface area (Å²) in [5, 5.41) is 9.28. The molecule has 16 heavy (non-hydrogen) atoms. The molecule has 2 aromatic rings. The van der Waals surface area contributed by atoms with Crippen molar-refractivity contribution in [2.45, 2.75) is 13.1 Å². The van der Waals surface area contributed by atoms with Crippen molar-refractivity contribution < 1.29 is 4.42 Å². The summed E-state index contributed by atoms with van der Waals surface area (Å²) in [7, 11) is 1.98. The Bertz CT molecular complexity index is 625. The number of nitriles is 1. The van der Waals surface area contributed by atoms with Gasteiger partial charge in [0.25, 0.3) is 0 Å². The van der Waals surface area contributed by atoms with Crippen molar-refractivity contribution in [3.63, 3.8) is 0 Å². The highest BCUT2D eigenvalue weighted by molar-refractivity contribution is 6.33. The van der Waals surface area contributed by atoms with E-state index in [4.69, 9.17) is 9.68 Å². The molecule has 2 rings (SSSR count). The molecule has 1 radical (unpaired) electrons. The number of nitrogens with zero attached hydrogens (tertiary/aromatic N) is 1. The molecule has 0 aliphatic carbocycles. The first-order valence-electron chi connectivity index (χ1n) is 5.00. The first-order chi connectivity index (χ1) is 7.76. The standard InChI is InChI=1S/C12H9BNO2/c1-13-6-8-3-2-4-10-11(15)5-9(7-14)16-12(8)10/h2-5H,6H2,1H3. The molecule has 0 saturated carbocycles. The Morgan fingerprint density at radius 2 is 2.31 bits per heavy atom. The van der Waals surface area contributed by atoms with Crippen LogP contribution in [0.3, 0.4) is 0 Å². The van der Waals surface area contributed by atoms with Crippen molar-refractivity contribution in [2.24, 2.45) is 0 Å². The number of benzene rings is 1. The zero-order valence-electron chi connectivity index (χ0n) is 8.86. The average Bonchev–Trinajstić information content (AvgIpc) is 2.30. The van der Waals surface area contributed by atoms with Crippen LogP contribution in [0, 0.1) is 11.3 Å². The van der Waals surface area contributed by atoms with E-state index in [0.717, 1.165) is 11.9 Å². The maximum atomic E-state index is 11.7. The van der Waals surface area contributed by atoms with E-state index >= 15 is 0 Å². The number of hydrogen-bond acceptors (Lipinski definition) is 3. The zero-order chi connectivity index (χ0) is 11.5. The largest absolute Gasteiger partial charge is 0.445 e. The Balaban J connectivity index is 2.81. The van der Waals surface area contributed by atoms with Crippen molar-refractivity contribution in [2.75, 3.05) is 0 Å². The summed E-state index contributed by atoms with van der Waals surface area (Å²) in [6.07, 6.45) is 0.717. The highest BCUT2D eigenvalue weighted by Gasteiger charge is 2.07. The Hall–Kier alpha value is -2.02. The lowest BCUT2D eigenvalue weighted by Crippen LogP contribution is -2.03. The molecule has 3 nitrogen and oxygen atoms in total. The van der Waals surface area contributed by atoms with Gasteiger partial charge < -0.3 is 4.42 Å². The third kappa shape index (κ3) is 1.72. The van der Waals surface area contributed by atoms with Gasteiger partial charge in [-0.15, -0.1) is 0 Å². The van der Waals surface area contributed by atoms with E-state index in [-0.39, 0.29) is 11.2 Å². The predicted octanol–water partition coefficient (Wildman–Crippen LogP) is 1.92. The topological polar surface area (TPSA) is 54.0 Å². The molecule has 0 bridgehead atoms. The van der Waals surface area contributed by atoms with Crippen LogP contribution in [0.4, 0.5) is 0 Å². The van der Waals surface area contributed by atoms with Crippen LogP contribution < -0.4 is 5.43 Å². The van der Waals surface area contributed by atoms with Gasteiger partial charge >= 0.3 is 0 Å². The Kier molecular flexibility index (Phi) is 2.78. The van der Waals surface area contributed by atoms with Gasteiger partial charge in [-0.1, -0.05) is 25.3 Å². The van der Waals surface area contributed by atoms with Crippen molar-refractivity contribution in [1.82, 2.24) is 0 Å². The van der Waals surface area contributed by atoms with E-state index < -0.39 is 0 Å². The van der Waals surface area contributed by atoms with Crippen molar-refractivity contribution in [1.29, 1.82) is 5.26 Å². The van der Waals surface area contributed by atoms with E-state index in [1.54, 1.807) is 6.07 Å². The monoisotopic (exact) mass is 210 g/mol. The highest BCUT2D eigenvalue weighted by Crippen LogP contribution is 2.17. The third-order valence-electron chi connectivity index (χ3n) is 2.37. The summed E-state index contributed by atoms with van der Waals surface area (Å²) < 4.78 is 5.39. The Morgan fingerprint density at radius 3 is 3.00 bits per heavy atom. The number of hydrogen-bond donors (Lipinski definition) is 0. The van der Waals surface area contributed by atoms with Crippen LogP contribution in [0.5, 0.6) is 0 Å². The molecule has 1 aromatic heterocycles. The lowest BCUT2D eigenvalue weighted by atomic mass is 9.75. The minimum atomic E-state index is -0.171. The summed E-state index contributed by atoms with van der Waals surface area (Å²) >= 11 is 0. The van der Waals surface area contributed by atoms with Gasteiger partial charge in [-0.25, -0.2) is 0 Å². The van der Waals surface area contributed by atoms with Gasteiger partial charge in [-0.3, -0.25) is 4.79 Å². The van der Waals surface area contributed by atoms with Crippen molar-refractivity contribution >= 4 is 18.2 Å². The Morgan fingerprint density at radius 1 is 1.50 bits per heavy atom. The van der Waals surface area contributed by atoms with Crippen LogP contribution in [0.25, 0.3) is 11.0 Å². The molecule has 0 N–H and O–H groups in total. The lowest BCUT2D eigenvalue weighted by molar-refractivity contribution is 0.583. The van der Waals surface area contributed by atoms with Crippen LogP contribution in [0.2, 0.25) is 6.82 Å². The van der Waals surface area contributed by atoms with Gasteiger partial charge in [0.1, 0.15) is 18.9 Å². The zero-order valence-corrected chi connectivity index (χ0v) is 8.86. The number of rotatable bonds is 2. The molecule has 0 atom stereocenters. The summed E-state index contributed by atoms with van der Waals surface area (Å²) in [6, 6.07) is 8.50. The fraction of sp³-hybridized carbons (Fsp3) is 0.167. The molecule has 1 heterocycles. The quantitative estimate of drug-likeness (QED) is 0.711. The molecular formula is C12H9BNO2. The molecule has 0 unspecified atom stereocenters. The average molecular weight is 210 g/mol. The molecule has 77 valence electrons. The van der Waals surface area contributed by atoms with Crippen LogP contribution in [0.15, 0.2) is 33.5 Å². The number of para-hydroxylation sites is 1. The molecule has 4 heteroatoms. The van der Waals surface area contributed by atoms with Crippen LogP contribution in [-0.2, 0) is 6.32 Å². The fourth-order valence-corrected chi connectivity index (χ4v) is 1.67.